The van der Waals surface area contributed by atoms with Crippen LogP contribution < -0.4 is 16.6 Å². The van der Waals surface area contributed by atoms with Gasteiger partial charge < -0.3 is 5.32 Å². The molecule has 7 nitrogen and oxygen atoms in total. The molecule has 0 bridgehead atoms. The third-order valence-electron chi connectivity index (χ3n) is 5.42. The number of amides is 1. The molecule has 2 aromatic heterocycles. The van der Waals surface area contributed by atoms with E-state index >= 15 is 0 Å². The molecule has 2 aromatic carbocycles. The van der Waals surface area contributed by atoms with Crippen molar-refractivity contribution in [2.75, 3.05) is 5.32 Å². The van der Waals surface area contributed by atoms with Gasteiger partial charge in [0.1, 0.15) is 5.39 Å². The Balaban J connectivity index is 1.80. The number of carbonyl (C=O) groups excluding carboxylic acids is 1. The number of rotatable bonds is 4. The summed E-state index contributed by atoms with van der Waals surface area (Å²) in [5, 5.41) is 5.25. The average molecular weight is 402 g/mol. The van der Waals surface area contributed by atoms with Gasteiger partial charge in [0, 0.05) is 20.3 Å². The second-order valence-corrected chi connectivity index (χ2v) is 7.28. The van der Waals surface area contributed by atoms with Crippen molar-refractivity contribution >= 4 is 33.4 Å². The minimum atomic E-state index is -0.476. The molecule has 1 N–H and O–H groups in total. The van der Waals surface area contributed by atoms with Crippen LogP contribution in [0.3, 0.4) is 0 Å². The van der Waals surface area contributed by atoms with Crippen LogP contribution in [0, 0.1) is 0 Å². The molecule has 0 unspecified atom stereocenters. The van der Waals surface area contributed by atoms with Gasteiger partial charge in [-0.05, 0) is 28.3 Å². The second-order valence-electron chi connectivity index (χ2n) is 7.28. The Bertz CT molecular complexity index is 1410. The van der Waals surface area contributed by atoms with Crippen molar-refractivity contribution in [1.82, 2.24) is 14.1 Å². The molecular formula is C23H22N4O3. The van der Waals surface area contributed by atoms with Crippen LogP contribution in [0.25, 0.3) is 21.8 Å². The van der Waals surface area contributed by atoms with E-state index in [2.05, 4.69) is 10.3 Å². The Morgan fingerprint density at radius 1 is 1.00 bits per heavy atom. The molecule has 0 atom stereocenters. The summed E-state index contributed by atoms with van der Waals surface area (Å²) in [4.78, 5) is 42.4. The highest BCUT2D eigenvalue weighted by atomic mass is 16.2. The molecule has 0 aliphatic rings. The highest BCUT2D eigenvalue weighted by molar-refractivity contribution is 6.03. The number of aromatic nitrogens is 3. The number of anilines is 1. The van der Waals surface area contributed by atoms with Crippen LogP contribution in [0.5, 0.6) is 0 Å². The van der Waals surface area contributed by atoms with Crippen LogP contribution in [0.1, 0.15) is 18.1 Å². The van der Waals surface area contributed by atoms with Crippen LogP contribution in [0.2, 0.25) is 0 Å². The fraction of sp³-hybridized carbons (Fsp3) is 0.217. The molecule has 4 aromatic rings. The van der Waals surface area contributed by atoms with Crippen molar-refractivity contribution in [3.05, 3.63) is 80.6 Å². The van der Waals surface area contributed by atoms with E-state index < -0.39 is 11.2 Å². The van der Waals surface area contributed by atoms with E-state index in [0.29, 0.717) is 12.1 Å². The van der Waals surface area contributed by atoms with Crippen molar-refractivity contribution < 1.29 is 4.79 Å². The molecule has 0 aliphatic carbocycles. The highest BCUT2D eigenvalue weighted by Crippen LogP contribution is 2.24. The van der Waals surface area contributed by atoms with Crippen molar-refractivity contribution in [3.8, 4) is 0 Å². The highest BCUT2D eigenvalue weighted by Gasteiger charge is 2.18. The number of carbonyl (C=O) groups is 1. The normalized spacial score (nSPS) is 11.2. The Labute approximate surface area is 172 Å². The topological polar surface area (TPSA) is 86.0 Å². The van der Waals surface area contributed by atoms with Crippen LogP contribution in [-0.4, -0.2) is 20.0 Å². The minimum absolute atomic E-state index is 0.167. The quantitative estimate of drug-likeness (QED) is 0.568. The molecule has 0 radical (unpaired) electrons. The maximum atomic E-state index is 13.0. The van der Waals surface area contributed by atoms with Crippen LogP contribution in [-0.2, 0) is 31.7 Å². The number of hydrogen-bond acceptors (Lipinski definition) is 4. The summed E-state index contributed by atoms with van der Waals surface area (Å²) in [6, 6.07) is 13.8. The summed E-state index contributed by atoms with van der Waals surface area (Å²) in [6.07, 6.45) is 2.36. The zero-order valence-electron chi connectivity index (χ0n) is 17.1. The van der Waals surface area contributed by atoms with Gasteiger partial charge in [-0.25, -0.2) is 9.78 Å². The predicted octanol–water partition coefficient (Wildman–Crippen LogP) is 2.53. The maximum Gasteiger partial charge on any atom is 0.332 e. The molecule has 30 heavy (non-hydrogen) atoms. The third-order valence-corrected chi connectivity index (χ3v) is 5.42. The monoisotopic (exact) mass is 402 g/mol. The zero-order chi connectivity index (χ0) is 21.4. The van der Waals surface area contributed by atoms with E-state index in [4.69, 9.17) is 0 Å². The molecule has 2 heterocycles. The van der Waals surface area contributed by atoms with Gasteiger partial charge in [0.15, 0.2) is 5.65 Å². The number of nitrogens with zero attached hydrogens (tertiary/aromatic N) is 3. The smallest absolute Gasteiger partial charge is 0.325 e. The van der Waals surface area contributed by atoms with Gasteiger partial charge in [-0.1, -0.05) is 49.4 Å². The molecule has 152 valence electrons. The van der Waals surface area contributed by atoms with Gasteiger partial charge in [0.05, 0.1) is 12.1 Å². The SMILES string of the molecule is CCc1cnc2c(c1NC(=O)Cc1cccc3ccccc13)c(=O)n(C)c(=O)n2C. The van der Waals surface area contributed by atoms with Gasteiger partial charge in [0.25, 0.3) is 5.56 Å². The molecule has 7 heteroatoms. The van der Waals surface area contributed by atoms with E-state index in [1.54, 1.807) is 13.2 Å². The number of aryl methyl sites for hydroxylation is 2. The number of benzene rings is 2. The summed E-state index contributed by atoms with van der Waals surface area (Å²) < 4.78 is 2.35. The van der Waals surface area contributed by atoms with Crippen molar-refractivity contribution in [2.45, 2.75) is 19.8 Å². The van der Waals surface area contributed by atoms with Crippen LogP contribution >= 0.6 is 0 Å². The van der Waals surface area contributed by atoms with E-state index in [1.807, 2.05) is 49.4 Å². The molecule has 0 fully saturated rings. The molecule has 0 saturated carbocycles. The number of pyridine rings is 1. The van der Waals surface area contributed by atoms with Crippen LogP contribution in [0.4, 0.5) is 5.69 Å². The lowest BCUT2D eigenvalue weighted by molar-refractivity contribution is -0.115. The van der Waals surface area contributed by atoms with E-state index in [9.17, 15) is 14.4 Å². The van der Waals surface area contributed by atoms with Crippen LogP contribution in [0.15, 0.2) is 58.3 Å². The first kappa shape index (κ1) is 19.6. The Morgan fingerprint density at radius 3 is 2.50 bits per heavy atom. The Morgan fingerprint density at radius 2 is 1.73 bits per heavy atom. The number of hydrogen-bond donors (Lipinski definition) is 1. The van der Waals surface area contributed by atoms with Gasteiger partial charge >= 0.3 is 5.69 Å². The minimum Gasteiger partial charge on any atom is -0.325 e. The largest absolute Gasteiger partial charge is 0.332 e. The fourth-order valence-electron chi connectivity index (χ4n) is 3.78. The van der Waals surface area contributed by atoms with Gasteiger partial charge in [-0.3, -0.25) is 18.7 Å². The van der Waals surface area contributed by atoms with E-state index in [0.717, 1.165) is 26.5 Å². The van der Waals surface area contributed by atoms with Crippen molar-refractivity contribution in [3.63, 3.8) is 0 Å². The summed E-state index contributed by atoms with van der Waals surface area (Å²) in [5.41, 5.74) is 1.38. The molecule has 1 amide bonds. The van der Waals surface area contributed by atoms with Crippen molar-refractivity contribution in [2.24, 2.45) is 14.1 Å². The maximum absolute atomic E-state index is 13.0. The molecular weight excluding hydrogens is 380 g/mol. The van der Waals surface area contributed by atoms with Crippen molar-refractivity contribution in [1.29, 1.82) is 0 Å². The lowest BCUT2D eigenvalue weighted by atomic mass is 10.0. The summed E-state index contributed by atoms with van der Waals surface area (Å²) in [5.74, 6) is -0.232. The fourth-order valence-corrected chi connectivity index (χ4v) is 3.78. The summed E-state index contributed by atoms with van der Waals surface area (Å²) in [7, 11) is 2.98. The summed E-state index contributed by atoms with van der Waals surface area (Å²) >= 11 is 0. The first-order chi connectivity index (χ1) is 14.4. The Hall–Kier alpha value is -3.74. The average Bonchev–Trinajstić information content (AvgIpc) is 2.76. The first-order valence-electron chi connectivity index (χ1n) is 9.76. The van der Waals surface area contributed by atoms with E-state index in [1.165, 1.54) is 11.6 Å². The Kier molecular flexibility index (Phi) is 4.95. The zero-order valence-corrected chi connectivity index (χ0v) is 17.1. The molecule has 0 spiro atoms. The lowest BCUT2D eigenvalue weighted by Gasteiger charge is -2.15. The van der Waals surface area contributed by atoms with E-state index in [-0.39, 0.29) is 23.4 Å². The lowest BCUT2D eigenvalue weighted by Crippen LogP contribution is -2.38. The predicted molar refractivity (Wildman–Crippen MR) is 118 cm³/mol. The second kappa shape index (κ2) is 7.59. The third kappa shape index (κ3) is 3.18. The summed E-state index contributed by atoms with van der Waals surface area (Å²) in [6.45, 7) is 1.93. The molecule has 0 aliphatic heterocycles. The van der Waals surface area contributed by atoms with Gasteiger partial charge in [-0.2, -0.15) is 0 Å². The molecule has 0 saturated heterocycles. The molecule has 4 rings (SSSR count). The van der Waals surface area contributed by atoms with Gasteiger partial charge in [-0.15, -0.1) is 0 Å². The standard InChI is InChI=1S/C23H22N4O3/c1-4-14-13-24-21-19(22(29)27(3)23(30)26(21)2)20(14)25-18(28)12-16-10-7-9-15-8-5-6-11-17(15)16/h5-11,13H,4,12H2,1-3H3,(H,24,25,28). The first-order valence-corrected chi connectivity index (χ1v) is 9.76. The van der Waals surface area contributed by atoms with Gasteiger partial charge in [0.2, 0.25) is 5.91 Å². The number of fused-ring (bicyclic) bond motifs is 2. The number of nitrogens with one attached hydrogen (secondary N) is 1.